The van der Waals surface area contributed by atoms with Gasteiger partial charge >= 0.3 is 0 Å². The van der Waals surface area contributed by atoms with Gasteiger partial charge < -0.3 is 9.88 Å². The van der Waals surface area contributed by atoms with Crippen LogP contribution in [-0.4, -0.2) is 32.0 Å². The standard InChI is InChI=1S/C27H30F2N6O/c1-3-14-31-21-9-7-20(8-10-21)18(2)35(30)26(36)13-12-25-33-24-5-4-15-32-27(24)34(25)17-19-6-11-22(28)23(29)16-19/h4-11,15-16,18,31H,3,12-14,17,30H2,1-2H3/t18-/m0/s1. The summed E-state index contributed by atoms with van der Waals surface area (Å²) in [6, 6.07) is 15.0. The van der Waals surface area contributed by atoms with E-state index in [9.17, 15) is 13.6 Å². The largest absolute Gasteiger partial charge is 0.385 e. The highest BCUT2D eigenvalue weighted by molar-refractivity contribution is 5.77. The van der Waals surface area contributed by atoms with E-state index in [0.717, 1.165) is 36.3 Å². The average molecular weight is 493 g/mol. The van der Waals surface area contributed by atoms with Gasteiger partial charge in [-0.25, -0.2) is 24.6 Å². The SMILES string of the molecule is CCCNc1ccc([C@H](C)N(N)C(=O)CCc2nc3cccnc3n2Cc2ccc(F)c(F)c2)cc1. The number of hydrogen-bond acceptors (Lipinski definition) is 5. The van der Waals surface area contributed by atoms with Crippen LogP contribution in [0.2, 0.25) is 0 Å². The molecule has 1 amide bonds. The fraction of sp³-hybridized carbons (Fsp3) is 0.296. The van der Waals surface area contributed by atoms with E-state index in [1.807, 2.05) is 41.8 Å². The molecule has 1 atom stereocenters. The minimum atomic E-state index is -0.913. The topological polar surface area (TPSA) is 89.1 Å². The normalized spacial score (nSPS) is 12.0. The fourth-order valence-corrected chi connectivity index (χ4v) is 4.06. The molecule has 188 valence electrons. The van der Waals surface area contributed by atoms with E-state index in [4.69, 9.17) is 5.84 Å². The number of halogens is 2. The van der Waals surface area contributed by atoms with Crippen molar-refractivity contribution in [2.45, 2.75) is 45.7 Å². The number of carbonyl (C=O) groups excluding carboxylic acids is 1. The van der Waals surface area contributed by atoms with Gasteiger partial charge in [-0.2, -0.15) is 0 Å². The van der Waals surface area contributed by atoms with Crippen LogP contribution in [0.3, 0.4) is 0 Å². The van der Waals surface area contributed by atoms with Crippen LogP contribution in [0.25, 0.3) is 11.2 Å². The molecule has 0 saturated heterocycles. The lowest BCUT2D eigenvalue weighted by atomic mass is 10.1. The Morgan fingerprint density at radius 2 is 1.92 bits per heavy atom. The Hall–Kier alpha value is -3.85. The van der Waals surface area contributed by atoms with E-state index < -0.39 is 11.6 Å². The number of pyridine rings is 1. The maximum atomic E-state index is 13.8. The number of carbonyl (C=O) groups is 1. The van der Waals surface area contributed by atoms with Gasteiger partial charge in [0, 0.05) is 31.3 Å². The van der Waals surface area contributed by atoms with E-state index in [-0.39, 0.29) is 24.9 Å². The van der Waals surface area contributed by atoms with Crippen LogP contribution in [-0.2, 0) is 17.8 Å². The molecular weight excluding hydrogens is 462 g/mol. The molecule has 0 aliphatic rings. The van der Waals surface area contributed by atoms with Gasteiger partial charge in [-0.3, -0.25) is 9.80 Å². The maximum Gasteiger partial charge on any atom is 0.237 e. The number of nitrogens with zero attached hydrogens (tertiary/aromatic N) is 4. The van der Waals surface area contributed by atoms with Crippen molar-refractivity contribution in [1.29, 1.82) is 0 Å². The predicted molar refractivity (Wildman–Crippen MR) is 136 cm³/mol. The summed E-state index contributed by atoms with van der Waals surface area (Å²) in [5.74, 6) is 4.77. The van der Waals surface area contributed by atoms with Crippen LogP contribution in [0.1, 0.15) is 49.7 Å². The minimum Gasteiger partial charge on any atom is -0.385 e. The first-order valence-corrected chi connectivity index (χ1v) is 12.0. The van der Waals surface area contributed by atoms with Crippen molar-refractivity contribution in [3.05, 3.63) is 89.4 Å². The molecule has 4 rings (SSSR count). The molecule has 7 nitrogen and oxygen atoms in total. The fourth-order valence-electron chi connectivity index (χ4n) is 4.06. The summed E-state index contributed by atoms with van der Waals surface area (Å²) >= 11 is 0. The molecule has 0 bridgehead atoms. The van der Waals surface area contributed by atoms with Crippen LogP contribution < -0.4 is 11.2 Å². The number of anilines is 1. The summed E-state index contributed by atoms with van der Waals surface area (Å²) in [6.07, 6.45) is 3.14. The highest BCUT2D eigenvalue weighted by Gasteiger charge is 2.20. The number of amides is 1. The van der Waals surface area contributed by atoms with Gasteiger partial charge in [0.1, 0.15) is 11.3 Å². The zero-order valence-electron chi connectivity index (χ0n) is 20.4. The number of hydrogen-bond donors (Lipinski definition) is 2. The lowest BCUT2D eigenvalue weighted by Gasteiger charge is -2.25. The van der Waals surface area contributed by atoms with Crippen molar-refractivity contribution >= 4 is 22.8 Å². The second-order valence-electron chi connectivity index (χ2n) is 8.73. The summed E-state index contributed by atoms with van der Waals surface area (Å²) in [4.78, 5) is 22.0. The molecule has 2 aromatic carbocycles. The zero-order chi connectivity index (χ0) is 25.7. The van der Waals surface area contributed by atoms with Crippen LogP contribution in [0, 0.1) is 11.6 Å². The minimum absolute atomic E-state index is 0.137. The number of aryl methyl sites for hydroxylation is 1. The second-order valence-corrected chi connectivity index (χ2v) is 8.73. The third-order valence-corrected chi connectivity index (χ3v) is 6.15. The van der Waals surface area contributed by atoms with Crippen molar-refractivity contribution in [1.82, 2.24) is 19.5 Å². The Morgan fingerprint density at radius 1 is 1.14 bits per heavy atom. The first-order chi connectivity index (χ1) is 17.4. The molecule has 36 heavy (non-hydrogen) atoms. The number of nitrogens with two attached hydrogens (primary N) is 1. The molecule has 2 heterocycles. The Labute approximate surface area is 208 Å². The van der Waals surface area contributed by atoms with Crippen molar-refractivity contribution in [3.8, 4) is 0 Å². The Balaban J connectivity index is 1.47. The van der Waals surface area contributed by atoms with Crippen LogP contribution in [0.15, 0.2) is 60.8 Å². The molecule has 3 N–H and O–H groups in total. The number of hydrazine groups is 1. The number of rotatable bonds is 10. The molecule has 0 aliphatic carbocycles. The van der Waals surface area contributed by atoms with Crippen molar-refractivity contribution < 1.29 is 13.6 Å². The Bertz CT molecular complexity index is 1340. The van der Waals surface area contributed by atoms with Gasteiger partial charge in [0.15, 0.2) is 17.3 Å². The molecule has 2 aromatic heterocycles. The van der Waals surface area contributed by atoms with Gasteiger partial charge in [-0.05, 0) is 60.9 Å². The second kappa shape index (κ2) is 11.3. The predicted octanol–water partition coefficient (Wildman–Crippen LogP) is 4.98. The van der Waals surface area contributed by atoms with Gasteiger partial charge in [-0.1, -0.05) is 25.1 Å². The Kier molecular flexibility index (Phi) is 7.90. The smallest absolute Gasteiger partial charge is 0.237 e. The summed E-state index contributed by atoms with van der Waals surface area (Å²) < 4.78 is 29.0. The van der Waals surface area contributed by atoms with Crippen LogP contribution >= 0.6 is 0 Å². The van der Waals surface area contributed by atoms with Crippen LogP contribution in [0.5, 0.6) is 0 Å². The summed E-state index contributed by atoms with van der Waals surface area (Å²) in [6.45, 7) is 5.13. The van der Waals surface area contributed by atoms with Gasteiger partial charge in [0.25, 0.3) is 0 Å². The zero-order valence-corrected chi connectivity index (χ0v) is 20.4. The summed E-state index contributed by atoms with van der Waals surface area (Å²) in [7, 11) is 0. The molecule has 9 heteroatoms. The van der Waals surface area contributed by atoms with Crippen molar-refractivity contribution in [3.63, 3.8) is 0 Å². The number of aromatic nitrogens is 3. The number of imidazole rings is 1. The lowest BCUT2D eigenvalue weighted by molar-refractivity contribution is -0.133. The van der Waals surface area contributed by atoms with Crippen LogP contribution in [0.4, 0.5) is 14.5 Å². The highest BCUT2D eigenvalue weighted by Crippen LogP contribution is 2.22. The monoisotopic (exact) mass is 492 g/mol. The van der Waals surface area contributed by atoms with E-state index in [2.05, 4.69) is 22.2 Å². The molecular formula is C27H30F2N6O. The molecule has 0 spiro atoms. The number of fused-ring (bicyclic) bond motifs is 1. The lowest BCUT2D eigenvalue weighted by Crippen LogP contribution is -2.39. The molecule has 0 saturated carbocycles. The van der Waals surface area contributed by atoms with Crippen molar-refractivity contribution in [2.75, 3.05) is 11.9 Å². The van der Waals surface area contributed by atoms with E-state index in [1.165, 1.54) is 11.1 Å². The molecule has 0 unspecified atom stereocenters. The maximum absolute atomic E-state index is 13.8. The first kappa shape index (κ1) is 25.2. The van der Waals surface area contributed by atoms with Gasteiger partial charge in [0.05, 0.1) is 12.6 Å². The van der Waals surface area contributed by atoms with E-state index in [0.29, 0.717) is 29.0 Å². The van der Waals surface area contributed by atoms with E-state index >= 15 is 0 Å². The highest BCUT2D eigenvalue weighted by atomic mass is 19.2. The molecule has 4 aromatic rings. The molecule has 0 radical (unpaired) electrons. The van der Waals surface area contributed by atoms with Crippen molar-refractivity contribution in [2.24, 2.45) is 5.84 Å². The number of benzene rings is 2. The average Bonchev–Trinajstić information content (AvgIpc) is 3.24. The Morgan fingerprint density at radius 3 is 2.64 bits per heavy atom. The quantitative estimate of drug-likeness (QED) is 0.185. The third-order valence-electron chi connectivity index (χ3n) is 6.15. The van der Waals surface area contributed by atoms with Gasteiger partial charge in [0.2, 0.25) is 5.91 Å². The molecule has 0 fully saturated rings. The number of nitrogens with one attached hydrogen (secondary N) is 1. The molecule has 0 aliphatic heterocycles. The third kappa shape index (κ3) is 5.68. The van der Waals surface area contributed by atoms with Gasteiger partial charge in [-0.15, -0.1) is 0 Å². The first-order valence-electron chi connectivity index (χ1n) is 12.0. The summed E-state index contributed by atoms with van der Waals surface area (Å²) in [5, 5.41) is 4.57. The summed E-state index contributed by atoms with van der Waals surface area (Å²) in [5.41, 5.74) is 3.80. The van der Waals surface area contributed by atoms with E-state index in [1.54, 1.807) is 12.3 Å².